The van der Waals surface area contributed by atoms with Gasteiger partial charge in [0.05, 0.1) is 11.8 Å². The molecule has 1 aliphatic rings. The summed E-state index contributed by atoms with van der Waals surface area (Å²) in [6.07, 6.45) is 1.98. The van der Waals surface area contributed by atoms with Crippen LogP contribution in [0.25, 0.3) is 0 Å². The van der Waals surface area contributed by atoms with E-state index in [1.807, 2.05) is 13.8 Å². The minimum absolute atomic E-state index is 0.159. The molecule has 3 atom stereocenters. The van der Waals surface area contributed by atoms with E-state index >= 15 is 0 Å². The van der Waals surface area contributed by atoms with E-state index in [2.05, 4.69) is 0 Å². The second-order valence-electron chi connectivity index (χ2n) is 3.86. The van der Waals surface area contributed by atoms with Crippen molar-refractivity contribution in [1.82, 2.24) is 0 Å². The number of carbonyl (C=O) groups is 2. The van der Waals surface area contributed by atoms with Gasteiger partial charge in [0.2, 0.25) is 0 Å². The molecule has 1 aliphatic carbocycles. The molecule has 2 N–H and O–H groups in total. The van der Waals surface area contributed by atoms with Crippen LogP contribution in [-0.4, -0.2) is 22.2 Å². The van der Waals surface area contributed by atoms with Crippen molar-refractivity contribution < 1.29 is 19.8 Å². The molecule has 0 spiro atoms. The number of hydrogen-bond acceptors (Lipinski definition) is 2. The molecule has 0 saturated heterocycles. The van der Waals surface area contributed by atoms with Gasteiger partial charge >= 0.3 is 11.9 Å². The molecule has 78 valence electrons. The molecule has 0 aromatic heterocycles. The Morgan fingerprint density at radius 3 is 2.36 bits per heavy atom. The molecule has 0 bridgehead atoms. The topological polar surface area (TPSA) is 74.6 Å². The fourth-order valence-corrected chi connectivity index (χ4v) is 1.77. The summed E-state index contributed by atoms with van der Waals surface area (Å²) in [4.78, 5) is 21.6. The lowest BCUT2D eigenvalue weighted by Crippen LogP contribution is -2.33. The quantitative estimate of drug-likeness (QED) is 0.657. The first-order valence-electron chi connectivity index (χ1n) is 4.57. The van der Waals surface area contributed by atoms with Gasteiger partial charge in [-0.2, -0.15) is 0 Å². The highest BCUT2D eigenvalue weighted by Gasteiger charge is 2.36. The van der Waals surface area contributed by atoms with E-state index in [-0.39, 0.29) is 5.92 Å². The standard InChI is InChI=1S/C10H14O4/c1-5-3-7(9(11)12)8(10(13)14)4-6(5)2/h3,6-8H,4H2,1-2H3,(H,11,12)(H,13,14). The van der Waals surface area contributed by atoms with Crippen LogP contribution in [0.15, 0.2) is 11.6 Å². The predicted molar refractivity (Wildman–Crippen MR) is 49.8 cm³/mol. The molecule has 0 aromatic rings. The van der Waals surface area contributed by atoms with Crippen molar-refractivity contribution in [1.29, 1.82) is 0 Å². The van der Waals surface area contributed by atoms with Crippen LogP contribution >= 0.6 is 0 Å². The molecule has 0 heterocycles. The second-order valence-corrected chi connectivity index (χ2v) is 3.86. The first-order chi connectivity index (χ1) is 6.43. The van der Waals surface area contributed by atoms with Crippen LogP contribution in [0.2, 0.25) is 0 Å². The summed E-state index contributed by atoms with van der Waals surface area (Å²) >= 11 is 0. The third-order valence-electron chi connectivity index (χ3n) is 2.86. The molecule has 0 fully saturated rings. The Bertz CT molecular complexity index is 292. The minimum atomic E-state index is -1.05. The van der Waals surface area contributed by atoms with Gasteiger partial charge < -0.3 is 10.2 Å². The van der Waals surface area contributed by atoms with Gasteiger partial charge in [-0.3, -0.25) is 9.59 Å². The van der Waals surface area contributed by atoms with Crippen LogP contribution in [0.1, 0.15) is 20.3 Å². The number of allylic oxidation sites excluding steroid dienone is 1. The third kappa shape index (κ3) is 1.95. The molecule has 0 saturated carbocycles. The monoisotopic (exact) mass is 198 g/mol. The highest BCUT2D eigenvalue weighted by Crippen LogP contribution is 2.33. The number of carboxylic acids is 2. The van der Waals surface area contributed by atoms with E-state index in [1.165, 1.54) is 0 Å². The first kappa shape index (κ1) is 10.8. The van der Waals surface area contributed by atoms with E-state index in [0.717, 1.165) is 5.57 Å². The summed E-state index contributed by atoms with van der Waals surface area (Å²) in [6.45, 7) is 3.76. The van der Waals surface area contributed by atoms with Crippen molar-refractivity contribution >= 4 is 11.9 Å². The van der Waals surface area contributed by atoms with Gasteiger partial charge in [-0.05, 0) is 19.3 Å². The molecule has 4 nitrogen and oxygen atoms in total. The Balaban J connectivity index is 2.97. The molecule has 0 radical (unpaired) electrons. The van der Waals surface area contributed by atoms with Crippen molar-refractivity contribution in [2.45, 2.75) is 20.3 Å². The van der Waals surface area contributed by atoms with Crippen molar-refractivity contribution in [2.75, 3.05) is 0 Å². The fraction of sp³-hybridized carbons (Fsp3) is 0.600. The molecule has 14 heavy (non-hydrogen) atoms. The Kier molecular flexibility index (Phi) is 2.93. The number of hydrogen-bond donors (Lipinski definition) is 2. The lowest BCUT2D eigenvalue weighted by molar-refractivity contribution is -0.152. The average molecular weight is 198 g/mol. The van der Waals surface area contributed by atoms with Crippen LogP contribution in [0.4, 0.5) is 0 Å². The smallest absolute Gasteiger partial charge is 0.311 e. The SMILES string of the molecule is CC1=CC(C(=O)O)C(C(=O)O)CC1C. The largest absolute Gasteiger partial charge is 0.481 e. The summed E-state index contributed by atoms with van der Waals surface area (Å²) in [6, 6.07) is 0. The number of carboxylic acid groups (broad SMARTS) is 2. The molecule has 0 aliphatic heterocycles. The van der Waals surface area contributed by atoms with Crippen LogP contribution < -0.4 is 0 Å². The maximum absolute atomic E-state index is 10.8. The summed E-state index contributed by atoms with van der Waals surface area (Å²) < 4.78 is 0. The summed E-state index contributed by atoms with van der Waals surface area (Å²) in [7, 11) is 0. The second kappa shape index (κ2) is 3.82. The van der Waals surface area contributed by atoms with Crippen LogP contribution in [-0.2, 0) is 9.59 Å². The van der Waals surface area contributed by atoms with Gasteiger partial charge in [0, 0.05) is 0 Å². The molecule has 0 amide bonds. The van der Waals surface area contributed by atoms with Crippen molar-refractivity contribution in [3.63, 3.8) is 0 Å². The van der Waals surface area contributed by atoms with E-state index in [1.54, 1.807) is 6.08 Å². The summed E-state index contributed by atoms with van der Waals surface area (Å²) in [5.74, 6) is -3.57. The van der Waals surface area contributed by atoms with Gasteiger partial charge in [0.15, 0.2) is 0 Å². The van der Waals surface area contributed by atoms with E-state index in [4.69, 9.17) is 10.2 Å². The number of aliphatic carboxylic acids is 2. The fourth-order valence-electron chi connectivity index (χ4n) is 1.77. The van der Waals surface area contributed by atoms with Gasteiger partial charge in [0.25, 0.3) is 0 Å². The Morgan fingerprint density at radius 2 is 1.93 bits per heavy atom. The normalized spacial score (nSPS) is 32.1. The van der Waals surface area contributed by atoms with Crippen molar-refractivity contribution in [3.8, 4) is 0 Å². The molecule has 1 rings (SSSR count). The lowest BCUT2D eigenvalue weighted by Gasteiger charge is -2.27. The molecule has 4 heteroatoms. The first-order valence-corrected chi connectivity index (χ1v) is 4.57. The van der Waals surface area contributed by atoms with Crippen molar-refractivity contribution in [2.24, 2.45) is 17.8 Å². The highest BCUT2D eigenvalue weighted by atomic mass is 16.4. The van der Waals surface area contributed by atoms with Gasteiger partial charge in [-0.25, -0.2) is 0 Å². The minimum Gasteiger partial charge on any atom is -0.481 e. The highest BCUT2D eigenvalue weighted by molar-refractivity contribution is 5.82. The van der Waals surface area contributed by atoms with Crippen LogP contribution in [0, 0.1) is 17.8 Å². The predicted octanol–water partition coefficient (Wildman–Crippen LogP) is 1.37. The molecule has 0 aromatic carbocycles. The Hall–Kier alpha value is -1.32. The third-order valence-corrected chi connectivity index (χ3v) is 2.86. The maximum atomic E-state index is 10.8. The summed E-state index contributed by atoms with van der Waals surface area (Å²) in [5, 5.41) is 17.7. The van der Waals surface area contributed by atoms with Gasteiger partial charge in [-0.1, -0.05) is 18.6 Å². The maximum Gasteiger partial charge on any atom is 0.311 e. The van der Waals surface area contributed by atoms with E-state index < -0.39 is 23.8 Å². The summed E-state index contributed by atoms with van der Waals surface area (Å²) in [5.41, 5.74) is 0.968. The van der Waals surface area contributed by atoms with E-state index in [0.29, 0.717) is 6.42 Å². The Morgan fingerprint density at radius 1 is 1.36 bits per heavy atom. The van der Waals surface area contributed by atoms with Crippen LogP contribution in [0.5, 0.6) is 0 Å². The van der Waals surface area contributed by atoms with Gasteiger partial charge in [0.1, 0.15) is 0 Å². The van der Waals surface area contributed by atoms with E-state index in [9.17, 15) is 9.59 Å². The molecular formula is C10H14O4. The zero-order valence-corrected chi connectivity index (χ0v) is 8.23. The van der Waals surface area contributed by atoms with Crippen molar-refractivity contribution in [3.05, 3.63) is 11.6 Å². The zero-order valence-electron chi connectivity index (χ0n) is 8.23. The van der Waals surface area contributed by atoms with Gasteiger partial charge in [-0.15, -0.1) is 0 Å². The zero-order chi connectivity index (χ0) is 10.9. The van der Waals surface area contributed by atoms with Crippen LogP contribution in [0.3, 0.4) is 0 Å². The molecular weight excluding hydrogens is 184 g/mol. The lowest BCUT2D eigenvalue weighted by atomic mass is 9.76. The molecule has 3 unspecified atom stereocenters. The Labute approximate surface area is 82.2 Å². The number of rotatable bonds is 2. The average Bonchev–Trinajstić information content (AvgIpc) is 2.08.